The standard InChI is InChI=1S/C9H9F6N3O/c1-18(4-5-16-2-3-17-5)7(19)6(8(10,11)12)9(13,14)15/h2-3,6H,4H2,1H3,(H,16,17). The van der Waals surface area contributed by atoms with Gasteiger partial charge in [0.2, 0.25) is 11.8 Å². The van der Waals surface area contributed by atoms with Crippen LogP contribution in [0.15, 0.2) is 12.4 Å². The largest absolute Gasteiger partial charge is 0.409 e. The van der Waals surface area contributed by atoms with Crippen LogP contribution in [-0.4, -0.2) is 40.2 Å². The molecule has 0 spiro atoms. The third kappa shape index (κ3) is 3.86. The summed E-state index contributed by atoms with van der Waals surface area (Å²) in [4.78, 5) is 17.7. The molecule has 0 saturated carbocycles. The van der Waals surface area contributed by atoms with Crippen LogP contribution in [0.3, 0.4) is 0 Å². The van der Waals surface area contributed by atoms with E-state index in [-0.39, 0.29) is 5.82 Å². The smallest absolute Gasteiger partial charge is 0.347 e. The molecule has 1 aromatic heterocycles. The predicted molar refractivity (Wildman–Crippen MR) is 50.7 cm³/mol. The number of halogens is 6. The molecule has 1 aromatic rings. The summed E-state index contributed by atoms with van der Waals surface area (Å²) in [6.07, 6.45) is -8.78. The number of amides is 1. The van der Waals surface area contributed by atoms with Crippen LogP contribution in [0.4, 0.5) is 26.3 Å². The molecule has 1 amide bonds. The first-order chi connectivity index (χ1) is 8.53. The van der Waals surface area contributed by atoms with Crippen molar-refractivity contribution in [3.8, 4) is 0 Å². The van der Waals surface area contributed by atoms with E-state index >= 15 is 0 Å². The van der Waals surface area contributed by atoms with Gasteiger partial charge in [0.1, 0.15) is 5.82 Å². The summed E-state index contributed by atoms with van der Waals surface area (Å²) in [6.45, 7) is -0.478. The average molecular weight is 289 g/mol. The molecule has 0 atom stereocenters. The first kappa shape index (κ1) is 15.3. The van der Waals surface area contributed by atoms with Crippen molar-refractivity contribution in [1.29, 1.82) is 0 Å². The molecule has 1 rings (SSSR count). The molecule has 0 unspecified atom stereocenters. The number of carbonyl (C=O) groups excluding carboxylic acids is 1. The number of H-pyrrole nitrogens is 1. The third-order valence-corrected chi connectivity index (χ3v) is 2.22. The fourth-order valence-electron chi connectivity index (χ4n) is 1.37. The molecule has 0 radical (unpaired) electrons. The van der Waals surface area contributed by atoms with Crippen LogP contribution >= 0.6 is 0 Å². The van der Waals surface area contributed by atoms with Gasteiger partial charge < -0.3 is 9.88 Å². The SMILES string of the molecule is CN(Cc1ncc[nH]1)C(=O)C(C(F)(F)F)C(F)(F)F. The molecule has 0 saturated heterocycles. The van der Waals surface area contributed by atoms with Crippen molar-refractivity contribution in [3.05, 3.63) is 18.2 Å². The van der Waals surface area contributed by atoms with Crippen molar-refractivity contribution < 1.29 is 31.1 Å². The lowest BCUT2D eigenvalue weighted by atomic mass is 10.1. The first-order valence-corrected chi connectivity index (χ1v) is 4.90. The van der Waals surface area contributed by atoms with Crippen LogP contribution in [0.2, 0.25) is 0 Å². The second kappa shape index (κ2) is 5.10. The van der Waals surface area contributed by atoms with Gasteiger partial charge in [-0.3, -0.25) is 4.79 Å². The van der Waals surface area contributed by atoms with Crippen molar-refractivity contribution in [3.63, 3.8) is 0 Å². The molecule has 19 heavy (non-hydrogen) atoms. The molecule has 0 bridgehead atoms. The van der Waals surface area contributed by atoms with Crippen LogP contribution < -0.4 is 0 Å². The highest BCUT2D eigenvalue weighted by Gasteiger charge is 2.61. The van der Waals surface area contributed by atoms with E-state index in [2.05, 4.69) is 9.97 Å². The van der Waals surface area contributed by atoms with Crippen molar-refractivity contribution in [2.75, 3.05) is 7.05 Å². The van der Waals surface area contributed by atoms with Gasteiger partial charge in [-0.05, 0) is 0 Å². The summed E-state index contributed by atoms with van der Waals surface area (Å²) >= 11 is 0. The molecule has 0 aliphatic heterocycles. The maximum absolute atomic E-state index is 12.3. The molecule has 1 N–H and O–H groups in total. The summed E-state index contributed by atoms with van der Waals surface area (Å²) in [7, 11) is 0.843. The molecule has 4 nitrogen and oxygen atoms in total. The lowest BCUT2D eigenvalue weighted by Gasteiger charge is -2.26. The van der Waals surface area contributed by atoms with Crippen LogP contribution in [0.25, 0.3) is 0 Å². The van der Waals surface area contributed by atoms with Crippen LogP contribution in [0.5, 0.6) is 0 Å². The topological polar surface area (TPSA) is 49.0 Å². The van der Waals surface area contributed by atoms with E-state index in [9.17, 15) is 31.1 Å². The summed E-state index contributed by atoms with van der Waals surface area (Å²) in [6, 6.07) is 0. The summed E-state index contributed by atoms with van der Waals surface area (Å²) < 4.78 is 73.9. The molecular weight excluding hydrogens is 280 g/mol. The van der Waals surface area contributed by atoms with Crippen molar-refractivity contribution >= 4 is 5.91 Å². The van der Waals surface area contributed by atoms with Gasteiger partial charge in [-0.2, -0.15) is 26.3 Å². The molecule has 0 fully saturated rings. The minimum Gasteiger partial charge on any atom is -0.347 e. The van der Waals surface area contributed by atoms with E-state index in [0.717, 1.165) is 7.05 Å². The minimum absolute atomic E-state index is 0.0824. The van der Waals surface area contributed by atoms with Gasteiger partial charge in [-0.1, -0.05) is 0 Å². The molecular formula is C9H9F6N3O. The van der Waals surface area contributed by atoms with E-state index in [1.54, 1.807) is 0 Å². The van der Waals surface area contributed by atoms with E-state index in [4.69, 9.17) is 0 Å². The number of imidazole rings is 1. The maximum atomic E-state index is 12.3. The number of alkyl halides is 6. The van der Waals surface area contributed by atoms with Gasteiger partial charge in [0, 0.05) is 19.4 Å². The van der Waals surface area contributed by atoms with Crippen LogP contribution in [0.1, 0.15) is 5.82 Å². The number of hydrogen-bond donors (Lipinski definition) is 1. The number of nitrogens with one attached hydrogen (secondary N) is 1. The Bertz CT molecular complexity index is 410. The van der Waals surface area contributed by atoms with Gasteiger partial charge in [0.05, 0.1) is 6.54 Å². The highest BCUT2D eigenvalue weighted by molar-refractivity contribution is 5.80. The number of aromatic nitrogens is 2. The van der Waals surface area contributed by atoms with E-state index < -0.39 is 30.7 Å². The third-order valence-electron chi connectivity index (χ3n) is 2.22. The van der Waals surface area contributed by atoms with E-state index in [1.165, 1.54) is 12.4 Å². The Labute approximate surface area is 103 Å². The zero-order valence-electron chi connectivity index (χ0n) is 9.51. The van der Waals surface area contributed by atoms with E-state index in [0.29, 0.717) is 4.90 Å². The van der Waals surface area contributed by atoms with Gasteiger partial charge in [-0.15, -0.1) is 0 Å². The monoisotopic (exact) mass is 289 g/mol. The van der Waals surface area contributed by atoms with Crippen molar-refractivity contribution in [2.24, 2.45) is 5.92 Å². The second-order valence-electron chi connectivity index (χ2n) is 3.75. The number of nitrogens with zero attached hydrogens (tertiary/aromatic N) is 2. The fourth-order valence-corrected chi connectivity index (χ4v) is 1.37. The lowest BCUT2D eigenvalue weighted by molar-refractivity contribution is -0.277. The van der Waals surface area contributed by atoms with Crippen LogP contribution in [-0.2, 0) is 11.3 Å². The Balaban J connectivity index is 2.88. The Morgan fingerprint density at radius 2 is 1.84 bits per heavy atom. The summed E-state index contributed by atoms with van der Waals surface area (Å²) in [5.74, 6) is -6.02. The molecule has 0 aliphatic rings. The van der Waals surface area contributed by atoms with Crippen molar-refractivity contribution in [1.82, 2.24) is 14.9 Å². The molecule has 1 heterocycles. The highest BCUT2D eigenvalue weighted by atomic mass is 19.4. The Morgan fingerprint density at radius 3 is 2.21 bits per heavy atom. The summed E-state index contributed by atoms with van der Waals surface area (Å²) in [5, 5.41) is 0. The van der Waals surface area contributed by atoms with Crippen molar-refractivity contribution in [2.45, 2.75) is 18.9 Å². The zero-order valence-corrected chi connectivity index (χ0v) is 9.51. The number of rotatable bonds is 3. The number of carbonyl (C=O) groups is 1. The van der Waals surface area contributed by atoms with Gasteiger partial charge in [0.15, 0.2) is 0 Å². The molecule has 0 aliphatic carbocycles. The van der Waals surface area contributed by atoms with Gasteiger partial charge in [0.25, 0.3) is 0 Å². The average Bonchev–Trinajstić information content (AvgIpc) is 2.65. The van der Waals surface area contributed by atoms with Crippen LogP contribution in [0, 0.1) is 5.92 Å². The second-order valence-corrected chi connectivity index (χ2v) is 3.75. The van der Waals surface area contributed by atoms with Gasteiger partial charge in [-0.25, -0.2) is 4.98 Å². The Hall–Kier alpha value is -1.74. The Kier molecular flexibility index (Phi) is 4.11. The summed E-state index contributed by atoms with van der Waals surface area (Å²) in [5.41, 5.74) is 0. The molecule has 10 heteroatoms. The predicted octanol–water partition coefficient (Wildman–Crippen LogP) is 2.11. The quantitative estimate of drug-likeness (QED) is 0.866. The molecule has 108 valence electrons. The maximum Gasteiger partial charge on any atom is 0.409 e. The van der Waals surface area contributed by atoms with Gasteiger partial charge >= 0.3 is 12.4 Å². The fraction of sp³-hybridized carbons (Fsp3) is 0.556. The minimum atomic E-state index is -5.69. The normalized spacial score (nSPS) is 12.8. The highest BCUT2D eigenvalue weighted by Crippen LogP contribution is 2.40. The first-order valence-electron chi connectivity index (χ1n) is 4.90. The zero-order chi connectivity index (χ0) is 14.8. The molecule has 0 aromatic carbocycles. The number of aromatic amines is 1. The number of hydrogen-bond acceptors (Lipinski definition) is 2. The Morgan fingerprint density at radius 1 is 1.32 bits per heavy atom. The lowest BCUT2D eigenvalue weighted by Crippen LogP contribution is -2.48. The van der Waals surface area contributed by atoms with E-state index in [1.807, 2.05) is 0 Å².